The van der Waals surface area contributed by atoms with Crippen molar-refractivity contribution in [2.75, 3.05) is 0 Å². The first-order valence-corrected chi connectivity index (χ1v) is 11.9. The summed E-state index contributed by atoms with van der Waals surface area (Å²) in [6.45, 7) is 13.8. The number of hydrogen-bond acceptors (Lipinski definition) is 0. The Kier molecular flexibility index (Phi) is 5.91. The first-order valence-electron chi connectivity index (χ1n) is 5.00. The van der Waals surface area contributed by atoms with Crippen molar-refractivity contribution in [1.29, 1.82) is 0 Å². The van der Waals surface area contributed by atoms with Crippen molar-refractivity contribution in [2.24, 2.45) is 0 Å². The fourth-order valence-electron chi connectivity index (χ4n) is 2.77. The van der Waals surface area contributed by atoms with Gasteiger partial charge < -0.3 is 0 Å². The summed E-state index contributed by atoms with van der Waals surface area (Å²) in [5.74, 6) is 0. The Hall–Kier alpha value is 1.37. The first kappa shape index (κ1) is 13.4. The summed E-state index contributed by atoms with van der Waals surface area (Å²) in [5.41, 5.74) is 2.92. The molecular weight excluding hydrogens is 218 g/mol. The second-order valence-corrected chi connectivity index (χ2v) is 18.0. The summed E-state index contributed by atoms with van der Waals surface area (Å²) in [5, 5.41) is 0. The summed E-state index contributed by atoms with van der Waals surface area (Å²) in [6, 6.07) is 0. The Morgan fingerprint density at radius 2 is 1.08 bits per heavy atom. The molecule has 67 valence electrons. The molecule has 0 bridgehead atoms. The molecule has 0 saturated carbocycles. The second-order valence-electron chi connectivity index (χ2n) is 4.58. The number of rotatable bonds is 4. The average molecular weight is 239 g/mol. The van der Waals surface area contributed by atoms with Crippen molar-refractivity contribution in [1.82, 2.24) is 0 Å². The van der Waals surface area contributed by atoms with Crippen LogP contribution in [0.3, 0.4) is 0 Å². The van der Waals surface area contributed by atoms with Crippen LogP contribution < -0.4 is 0 Å². The van der Waals surface area contributed by atoms with E-state index < -0.39 is 6.54 Å². The van der Waals surface area contributed by atoms with Gasteiger partial charge in [0.1, 0.15) is 0 Å². The molecule has 12 heavy (non-hydrogen) atoms. The van der Waals surface area contributed by atoms with Gasteiger partial charge in [-0.1, -0.05) is 0 Å². The SMILES string of the molecule is [Li][As][Si](C(C)C)(C(C)C)C(C)C. The zero-order valence-electron chi connectivity index (χ0n) is 9.68. The molecule has 0 aliphatic heterocycles. The van der Waals surface area contributed by atoms with E-state index in [1.54, 1.807) is 0 Å². The van der Waals surface area contributed by atoms with E-state index >= 15 is 0 Å². The van der Waals surface area contributed by atoms with E-state index in [4.69, 9.17) is 0 Å². The van der Waals surface area contributed by atoms with E-state index in [1.165, 1.54) is 0 Å². The molecule has 0 rings (SSSR count). The van der Waals surface area contributed by atoms with Gasteiger partial charge >= 0.3 is 93.1 Å². The molecule has 0 atom stereocenters. The molecule has 0 amide bonds. The maximum atomic E-state index is 2.49. The minimum absolute atomic E-state index is 0.616. The third kappa shape index (κ3) is 2.44. The van der Waals surface area contributed by atoms with Crippen LogP contribution in [0.1, 0.15) is 41.5 Å². The van der Waals surface area contributed by atoms with Crippen LogP contribution in [0.2, 0.25) is 16.6 Å². The van der Waals surface area contributed by atoms with E-state index in [1.807, 2.05) is 0 Å². The van der Waals surface area contributed by atoms with E-state index in [-0.39, 0.29) is 0 Å². The molecule has 0 aromatic rings. The molecule has 0 aromatic carbocycles. The average Bonchev–Trinajstić information content (AvgIpc) is 1.86. The van der Waals surface area contributed by atoms with Gasteiger partial charge in [-0.15, -0.1) is 0 Å². The molecular formula is C9H21AsLiSi. The third-order valence-corrected chi connectivity index (χ3v) is 24.1. The molecule has 0 heterocycles. The molecule has 0 unspecified atom stereocenters. The predicted molar refractivity (Wildman–Crippen MR) is 62.6 cm³/mol. The summed E-state index contributed by atoms with van der Waals surface area (Å²) in [7, 11) is 0. The van der Waals surface area contributed by atoms with Crippen molar-refractivity contribution in [2.45, 2.75) is 58.2 Å². The van der Waals surface area contributed by atoms with Crippen molar-refractivity contribution < 1.29 is 0 Å². The van der Waals surface area contributed by atoms with Crippen LogP contribution in [-0.4, -0.2) is 35.0 Å². The van der Waals surface area contributed by atoms with Gasteiger partial charge in [-0.25, -0.2) is 0 Å². The van der Waals surface area contributed by atoms with Gasteiger partial charge in [0.2, 0.25) is 0 Å². The Morgan fingerprint density at radius 3 is 1.08 bits per heavy atom. The monoisotopic (exact) mass is 239 g/mol. The van der Waals surface area contributed by atoms with Crippen LogP contribution in [0, 0.1) is 0 Å². The van der Waals surface area contributed by atoms with Crippen molar-refractivity contribution >= 4 is 35.0 Å². The van der Waals surface area contributed by atoms with Gasteiger partial charge in [0.25, 0.3) is 0 Å². The normalized spacial score (nSPS) is 14.6. The number of hydrogen-bond donors (Lipinski definition) is 0. The summed E-state index contributed by atoms with van der Waals surface area (Å²) >= 11 is 3.11. The molecule has 3 heteroatoms. The van der Waals surface area contributed by atoms with E-state index in [9.17, 15) is 0 Å². The van der Waals surface area contributed by atoms with E-state index in [2.05, 4.69) is 57.1 Å². The molecule has 0 N–H and O–H groups in total. The van der Waals surface area contributed by atoms with Gasteiger partial charge in [0.15, 0.2) is 0 Å². The quantitative estimate of drug-likeness (QED) is 0.662. The molecule has 0 aliphatic carbocycles. The van der Waals surface area contributed by atoms with Gasteiger partial charge in [-0.05, 0) is 0 Å². The van der Waals surface area contributed by atoms with Crippen LogP contribution in [0.15, 0.2) is 0 Å². The van der Waals surface area contributed by atoms with Crippen LogP contribution in [0.4, 0.5) is 0 Å². The van der Waals surface area contributed by atoms with Gasteiger partial charge in [-0.3, -0.25) is 0 Å². The van der Waals surface area contributed by atoms with Crippen LogP contribution in [0.5, 0.6) is 0 Å². The van der Waals surface area contributed by atoms with Crippen LogP contribution in [0.25, 0.3) is 0 Å². The van der Waals surface area contributed by atoms with Crippen molar-refractivity contribution in [3.05, 3.63) is 0 Å². The topological polar surface area (TPSA) is 0 Å². The standard InChI is InChI=1S/C9H21AsSi.Li/c1-7(2)11(10,8(3)4)9(5)6;/h7-9H,1-6H3;. The summed E-state index contributed by atoms with van der Waals surface area (Å²) < 4.78 is 0. The zero-order valence-corrected chi connectivity index (χ0v) is 12.6. The minimum atomic E-state index is -0.908. The van der Waals surface area contributed by atoms with Crippen molar-refractivity contribution in [3.63, 3.8) is 0 Å². The van der Waals surface area contributed by atoms with E-state index in [0.717, 1.165) is 16.6 Å². The Bertz CT molecular complexity index is 113. The molecule has 0 spiro atoms. The Morgan fingerprint density at radius 1 is 0.833 bits per heavy atom. The fraction of sp³-hybridized carbons (Fsp3) is 1.00. The maximum absolute atomic E-state index is 2.49. The molecule has 0 nitrogen and oxygen atoms in total. The first-order chi connectivity index (χ1) is 5.39. The Balaban J connectivity index is 4.77. The summed E-state index contributed by atoms with van der Waals surface area (Å²) in [6.07, 6.45) is 0. The van der Waals surface area contributed by atoms with Gasteiger partial charge in [0, 0.05) is 0 Å². The predicted octanol–water partition coefficient (Wildman–Crippen LogP) is 2.95. The second kappa shape index (κ2) is 5.30. The molecule has 0 aromatic heterocycles. The molecule has 0 fully saturated rings. The molecule has 0 saturated heterocycles. The zero-order chi connectivity index (χ0) is 9.94. The van der Waals surface area contributed by atoms with E-state index in [0.29, 0.717) is 12.8 Å². The summed E-state index contributed by atoms with van der Waals surface area (Å²) in [4.78, 5) is 0. The van der Waals surface area contributed by atoms with Gasteiger partial charge in [0.05, 0.1) is 0 Å². The van der Waals surface area contributed by atoms with Crippen LogP contribution in [-0.2, 0) is 0 Å². The van der Waals surface area contributed by atoms with Gasteiger partial charge in [-0.2, -0.15) is 0 Å². The van der Waals surface area contributed by atoms with Crippen molar-refractivity contribution in [3.8, 4) is 0 Å². The molecule has 0 aliphatic rings. The molecule has 1 radical (unpaired) electrons. The Labute approximate surface area is 92.7 Å². The van der Waals surface area contributed by atoms with Crippen LogP contribution >= 0.6 is 0 Å². The third-order valence-electron chi connectivity index (χ3n) is 3.16. The fourth-order valence-corrected chi connectivity index (χ4v) is 18.1.